The summed E-state index contributed by atoms with van der Waals surface area (Å²) in [6.45, 7) is 0.354. The summed E-state index contributed by atoms with van der Waals surface area (Å²) in [4.78, 5) is 0.302. The Hall–Kier alpha value is -1.90. The van der Waals surface area contributed by atoms with E-state index in [4.69, 9.17) is 5.26 Å². The Labute approximate surface area is 119 Å². The topological polar surface area (TPSA) is 70.0 Å². The molecule has 2 aromatic carbocycles. The molecule has 4 nitrogen and oxygen atoms in total. The van der Waals surface area contributed by atoms with E-state index in [-0.39, 0.29) is 0 Å². The third kappa shape index (κ3) is 3.35. The number of fused-ring (bicyclic) bond motifs is 1. The SMILES string of the molecule is N#CCCCCNS(=O)(=O)c1cccc2ccccc12. The zero-order valence-corrected chi connectivity index (χ0v) is 11.9. The van der Waals surface area contributed by atoms with E-state index in [0.29, 0.717) is 30.7 Å². The summed E-state index contributed by atoms with van der Waals surface area (Å²) in [7, 11) is -3.51. The normalized spacial score (nSPS) is 11.3. The van der Waals surface area contributed by atoms with Crippen molar-refractivity contribution in [1.29, 1.82) is 5.26 Å². The first-order chi connectivity index (χ1) is 9.65. The number of nitrogens with one attached hydrogen (secondary N) is 1. The second-order valence-electron chi connectivity index (χ2n) is 4.49. The van der Waals surface area contributed by atoms with Gasteiger partial charge in [0.2, 0.25) is 10.0 Å². The molecule has 0 saturated carbocycles. The van der Waals surface area contributed by atoms with Gasteiger partial charge in [-0.1, -0.05) is 36.4 Å². The zero-order valence-electron chi connectivity index (χ0n) is 11.0. The summed E-state index contributed by atoms with van der Waals surface area (Å²) < 4.78 is 27.2. The van der Waals surface area contributed by atoms with E-state index in [1.54, 1.807) is 18.2 Å². The number of benzene rings is 2. The van der Waals surface area contributed by atoms with Crippen LogP contribution in [-0.2, 0) is 10.0 Å². The van der Waals surface area contributed by atoms with Gasteiger partial charge in [0, 0.05) is 18.4 Å². The minimum atomic E-state index is -3.51. The summed E-state index contributed by atoms with van der Waals surface area (Å²) in [5.74, 6) is 0. The van der Waals surface area contributed by atoms with Gasteiger partial charge >= 0.3 is 0 Å². The standard InChI is InChI=1S/C15H16N2O2S/c16-11-4-1-5-12-17-20(18,19)15-10-6-8-13-7-2-3-9-14(13)15/h2-3,6-10,17H,1,4-5,12H2. The van der Waals surface area contributed by atoms with Crippen molar-refractivity contribution in [3.8, 4) is 6.07 Å². The molecule has 20 heavy (non-hydrogen) atoms. The Balaban J connectivity index is 2.18. The fourth-order valence-electron chi connectivity index (χ4n) is 2.04. The van der Waals surface area contributed by atoms with Crippen LogP contribution in [0.2, 0.25) is 0 Å². The molecule has 1 N–H and O–H groups in total. The Kier molecular flexibility index (Phi) is 4.72. The first-order valence-corrected chi connectivity index (χ1v) is 7.98. The van der Waals surface area contributed by atoms with Gasteiger partial charge in [0.25, 0.3) is 0 Å². The quantitative estimate of drug-likeness (QED) is 0.831. The molecule has 0 aromatic heterocycles. The maximum absolute atomic E-state index is 12.3. The summed E-state index contributed by atoms with van der Waals surface area (Å²) >= 11 is 0. The molecule has 5 heteroatoms. The predicted molar refractivity (Wildman–Crippen MR) is 78.6 cm³/mol. The third-order valence-corrected chi connectivity index (χ3v) is 4.57. The van der Waals surface area contributed by atoms with Gasteiger partial charge in [0.05, 0.1) is 11.0 Å². The van der Waals surface area contributed by atoms with Crippen molar-refractivity contribution in [1.82, 2.24) is 4.72 Å². The number of hydrogen-bond acceptors (Lipinski definition) is 3. The molecule has 0 bridgehead atoms. The highest BCUT2D eigenvalue weighted by atomic mass is 32.2. The highest BCUT2D eigenvalue weighted by Gasteiger charge is 2.15. The zero-order chi connectivity index (χ0) is 14.4. The molecule has 0 saturated heterocycles. The third-order valence-electron chi connectivity index (χ3n) is 3.05. The number of sulfonamides is 1. The molecular weight excluding hydrogens is 272 g/mol. The van der Waals surface area contributed by atoms with Crippen molar-refractivity contribution in [2.75, 3.05) is 6.54 Å². The van der Waals surface area contributed by atoms with Gasteiger partial charge in [-0.25, -0.2) is 13.1 Å². The monoisotopic (exact) mass is 288 g/mol. The van der Waals surface area contributed by atoms with Crippen LogP contribution in [0, 0.1) is 11.3 Å². The number of nitrogens with zero attached hydrogens (tertiary/aromatic N) is 1. The number of nitriles is 1. The van der Waals surface area contributed by atoms with E-state index < -0.39 is 10.0 Å². The average Bonchev–Trinajstić information content (AvgIpc) is 2.46. The Morgan fingerprint density at radius 1 is 1.05 bits per heavy atom. The fraction of sp³-hybridized carbons (Fsp3) is 0.267. The van der Waals surface area contributed by atoms with Gasteiger partial charge in [-0.3, -0.25) is 0 Å². The van der Waals surface area contributed by atoms with E-state index in [1.165, 1.54) is 0 Å². The van der Waals surface area contributed by atoms with Crippen molar-refractivity contribution < 1.29 is 8.42 Å². The van der Waals surface area contributed by atoms with E-state index in [0.717, 1.165) is 10.8 Å². The molecule has 0 aliphatic rings. The molecular formula is C15H16N2O2S. The first kappa shape index (κ1) is 14.5. The van der Waals surface area contributed by atoms with E-state index >= 15 is 0 Å². The van der Waals surface area contributed by atoms with E-state index in [1.807, 2.05) is 30.3 Å². The average molecular weight is 288 g/mol. The molecule has 0 amide bonds. The van der Waals surface area contributed by atoms with Crippen LogP contribution in [0.25, 0.3) is 10.8 Å². The minimum absolute atomic E-state index is 0.302. The van der Waals surface area contributed by atoms with Crippen molar-refractivity contribution in [3.63, 3.8) is 0 Å². The molecule has 0 aliphatic heterocycles. The van der Waals surface area contributed by atoms with Gasteiger partial charge in [0.1, 0.15) is 0 Å². The van der Waals surface area contributed by atoms with Gasteiger partial charge in [-0.2, -0.15) is 5.26 Å². The van der Waals surface area contributed by atoms with Gasteiger partial charge in [-0.05, 0) is 24.3 Å². The Morgan fingerprint density at radius 3 is 2.60 bits per heavy atom. The van der Waals surface area contributed by atoms with E-state index in [9.17, 15) is 8.42 Å². The Bertz CT molecular complexity index is 728. The van der Waals surface area contributed by atoms with Crippen LogP contribution in [0.15, 0.2) is 47.4 Å². The summed E-state index contributed by atoms with van der Waals surface area (Å²) in [5, 5.41) is 10.1. The molecule has 2 aromatic rings. The Morgan fingerprint density at radius 2 is 1.80 bits per heavy atom. The number of unbranched alkanes of at least 4 members (excludes halogenated alkanes) is 2. The molecule has 0 atom stereocenters. The van der Waals surface area contributed by atoms with Crippen molar-refractivity contribution >= 4 is 20.8 Å². The van der Waals surface area contributed by atoms with Crippen LogP contribution in [0.1, 0.15) is 19.3 Å². The number of rotatable bonds is 6. The lowest BCUT2D eigenvalue weighted by molar-refractivity contribution is 0.578. The molecule has 0 heterocycles. The van der Waals surface area contributed by atoms with Crippen molar-refractivity contribution in [2.45, 2.75) is 24.2 Å². The highest BCUT2D eigenvalue weighted by molar-refractivity contribution is 7.89. The lowest BCUT2D eigenvalue weighted by Gasteiger charge is -2.09. The van der Waals surface area contributed by atoms with Crippen molar-refractivity contribution in [2.24, 2.45) is 0 Å². The predicted octanol–water partition coefficient (Wildman–Crippen LogP) is 2.81. The van der Waals surface area contributed by atoms with Crippen molar-refractivity contribution in [3.05, 3.63) is 42.5 Å². The second kappa shape index (κ2) is 6.51. The van der Waals surface area contributed by atoms with Crippen LogP contribution in [0.3, 0.4) is 0 Å². The van der Waals surface area contributed by atoms with Crippen LogP contribution in [0.4, 0.5) is 0 Å². The molecule has 0 fully saturated rings. The summed E-state index contributed by atoms with van der Waals surface area (Å²) in [6.07, 6.45) is 1.82. The van der Waals surface area contributed by atoms with Crippen LogP contribution in [0.5, 0.6) is 0 Å². The van der Waals surface area contributed by atoms with Gasteiger partial charge in [-0.15, -0.1) is 0 Å². The molecule has 0 spiro atoms. The lowest BCUT2D eigenvalue weighted by Crippen LogP contribution is -2.25. The summed E-state index contributed by atoms with van der Waals surface area (Å²) in [6, 6.07) is 14.7. The maximum atomic E-state index is 12.3. The second-order valence-corrected chi connectivity index (χ2v) is 6.23. The number of hydrogen-bond donors (Lipinski definition) is 1. The molecule has 2 rings (SSSR count). The largest absolute Gasteiger partial charge is 0.241 e. The maximum Gasteiger partial charge on any atom is 0.241 e. The molecule has 0 aliphatic carbocycles. The van der Waals surface area contributed by atoms with Crippen LogP contribution >= 0.6 is 0 Å². The highest BCUT2D eigenvalue weighted by Crippen LogP contribution is 2.22. The molecule has 0 unspecified atom stereocenters. The van der Waals surface area contributed by atoms with Crippen LogP contribution < -0.4 is 4.72 Å². The van der Waals surface area contributed by atoms with Gasteiger partial charge in [0.15, 0.2) is 0 Å². The van der Waals surface area contributed by atoms with Crippen LogP contribution in [-0.4, -0.2) is 15.0 Å². The first-order valence-electron chi connectivity index (χ1n) is 6.49. The van der Waals surface area contributed by atoms with Gasteiger partial charge < -0.3 is 0 Å². The summed E-state index contributed by atoms with van der Waals surface area (Å²) in [5.41, 5.74) is 0. The fourth-order valence-corrected chi connectivity index (χ4v) is 3.35. The smallest absolute Gasteiger partial charge is 0.211 e. The minimum Gasteiger partial charge on any atom is -0.211 e. The molecule has 0 radical (unpaired) electrons. The molecule has 104 valence electrons. The lowest BCUT2D eigenvalue weighted by atomic mass is 10.1. The van der Waals surface area contributed by atoms with E-state index in [2.05, 4.69) is 4.72 Å².